The van der Waals surface area contributed by atoms with E-state index in [2.05, 4.69) is 14.6 Å². The minimum Gasteiger partial charge on any atom is -0.466 e. The molecule has 0 aliphatic heterocycles. The number of hydrogen-bond donors (Lipinski definition) is 0. The third-order valence-corrected chi connectivity index (χ3v) is 3.36. The molecule has 0 radical (unpaired) electrons. The van der Waals surface area contributed by atoms with Gasteiger partial charge >= 0.3 is 23.9 Å². The Bertz CT molecular complexity index is 667. The summed E-state index contributed by atoms with van der Waals surface area (Å²) in [7, 11) is 2.37. The van der Waals surface area contributed by atoms with Gasteiger partial charge in [0.25, 0.3) is 0 Å². The first-order chi connectivity index (χ1) is 13.4. The first-order valence-electron chi connectivity index (χ1n) is 8.27. The Kier molecular flexibility index (Phi) is 10.4. The average Bonchev–Trinajstić information content (AvgIpc) is 3.22. The quantitative estimate of drug-likeness (QED) is 0.299. The molecule has 10 heteroatoms. The highest BCUT2D eigenvalue weighted by Crippen LogP contribution is 2.08. The van der Waals surface area contributed by atoms with Gasteiger partial charge in [-0.05, 0) is 12.5 Å². The first kappa shape index (κ1) is 22.6. The van der Waals surface area contributed by atoms with Crippen molar-refractivity contribution in [2.24, 2.45) is 5.92 Å². The molecule has 10 nitrogen and oxygen atoms in total. The number of carbonyl (C=O) groups is 4. The highest BCUT2D eigenvalue weighted by atomic mass is 16.5. The molecule has 0 aliphatic rings. The molecule has 152 valence electrons. The molecule has 0 amide bonds. The van der Waals surface area contributed by atoms with Gasteiger partial charge in [-0.25, -0.2) is 19.2 Å². The van der Waals surface area contributed by atoms with E-state index in [1.165, 1.54) is 14.2 Å². The fraction of sp³-hybridized carbons (Fsp3) is 0.389. The monoisotopic (exact) mass is 394 g/mol. The molecule has 0 fully saturated rings. The zero-order chi connectivity index (χ0) is 20.8. The van der Waals surface area contributed by atoms with Crippen LogP contribution in [0.25, 0.3) is 0 Å². The zero-order valence-corrected chi connectivity index (χ0v) is 15.6. The second-order valence-electron chi connectivity index (χ2n) is 5.40. The maximum atomic E-state index is 11.6. The summed E-state index contributed by atoms with van der Waals surface area (Å²) >= 11 is 0. The number of methoxy groups -OCH3 is 2. The minimum absolute atomic E-state index is 0.0421. The standard InChI is InChI=1S/C18H22N2O8/c1-25-15(21)4-6-17(23)27-12-14(8-11-20-10-3-9-19-20)13-28-18(24)7-5-16(22)26-2/h3-7,9-10,14H,8,11-13H2,1-2H3/b6-4+,7-5+. The van der Waals surface area contributed by atoms with Crippen LogP contribution >= 0.6 is 0 Å². The maximum absolute atomic E-state index is 11.6. The van der Waals surface area contributed by atoms with Crippen molar-refractivity contribution in [3.05, 3.63) is 42.8 Å². The number of hydrogen-bond acceptors (Lipinski definition) is 9. The molecule has 1 heterocycles. The molecule has 0 aliphatic carbocycles. The van der Waals surface area contributed by atoms with Crippen molar-refractivity contribution < 1.29 is 38.1 Å². The van der Waals surface area contributed by atoms with Crippen LogP contribution in [0.2, 0.25) is 0 Å². The normalized spacial score (nSPS) is 11.0. The molecular formula is C18H22N2O8. The number of nitrogens with zero attached hydrogens (tertiary/aromatic N) is 2. The van der Waals surface area contributed by atoms with Crippen LogP contribution in [-0.2, 0) is 44.7 Å². The van der Waals surface area contributed by atoms with Crippen LogP contribution in [0.15, 0.2) is 42.8 Å². The van der Waals surface area contributed by atoms with E-state index in [-0.39, 0.29) is 19.1 Å². The Balaban J connectivity index is 2.55. The predicted molar refractivity (Wildman–Crippen MR) is 94.6 cm³/mol. The van der Waals surface area contributed by atoms with E-state index in [0.29, 0.717) is 13.0 Å². The lowest BCUT2D eigenvalue weighted by Crippen LogP contribution is -2.22. The molecule has 1 aromatic rings. The van der Waals surface area contributed by atoms with Gasteiger partial charge in [0.15, 0.2) is 0 Å². The highest BCUT2D eigenvalue weighted by molar-refractivity contribution is 5.92. The van der Waals surface area contributed by atoms with Crippen LogP contribution < -0.4 is 0 Å². The van der Waals surface area contributed by atoms with E-state index >= 15 is 0 Å². The summed E-state index contributed by atoms with van der Waals surface area (Å²) in [6.45, 7) is 0.433. The minimum atomic E-state index is -0.730. The topological polar surface area (TPSA) is 123 Å². The second-order valence-corrected chi connectivity index (χ2v) is 5.40. The lowest BCUT2D eigenvalue weighted by atomic mass is 10.1. The van der Waals surface area contributed by atoms with Crippen LogP contribution in [-0.4, -0.2) is 61.1 Å². The van der Waals surface area contributed by atoms with E-state index in [1.54, 1.807) is 23.1 Å². The van der Waals surface area contributed by atoms with Gasteiger partial charge in [0.05, 0.1) is 27.4 Å². The molecule has 0 N–H and O–H groups in total. The number of aryl methyl sites for hydroxylation is 1. The summed E-state index contributed by atoms with van der Waals surface area (Å²) in [5.74, 6) is -3.15. The van der Waals surface area contributed by atoms with Crippen LogP contribution in [0.3, 0.4) is 0 Å². The Hall–Kier alpha value is -3.43. The van der Waals surface area contributed by atoms with Gasteiger partial charge in [-0.3, -0.25) is 4.68 Å². The molecule has 0 unspecified atom stereocenters. The van der Waals surface area contributed by atoms with Crippen molar-refractivity contribution >= 4 is 23.9 Å². The second kappa shape index (κ2) is 12.8. The lowest BCUT2D eigenvalue weighted by Gasteiger charge is -2.16. The van der Waals surface area contributed by atoms with Crippen LogP contribution in [0.4, 0.5) is 0 Å². The van der Waals surface area contributed by atoms with Crippen molar-refractivity contribution in [1.82, 2.24) is 9.78 Å². The Morgan fingerprint density at radius 2 is 1.39 bits per heavy atom. The van der Waals surface area contributed by atoms with Crippen molar-refractivity contribution in [3.8, 4) is 0 Å². The Labute approximate surface area is 161 Å². The molecule has 0 aromatic carbocycles. The van der Waals surface area contributed by atoms with Gasteiger partial charge in [0, 0.05) is 49.2 Å². The number of carbonyl (C=O) groups excluding carboxylic acids is 4. The fourth-order valence-corrected chi connectivity index (χ4v) is 1.87. The molecular weight excluding hydrogens is 372 g/mol. The smallest absolute Gasteiger partial charge is 0.331 e. The number of rotatable bonds is 11. The summed E-state index contributed by atoms with van der Waals surface area (Å²) in [6.07, 6.45) is 7.68. The van der Waals surface area contributed by atoms with E-state index in [9.17, 15) is 19.2 Å². The molecule has 1 aromatic heterocycles. The summed E-state index contributed by atoms with van der Waals surface area (Å²) in [4.78, 5) is 45.2. The first-order valence-corrected chi connectivity index (χ1v) is 8.27. The SMILES string of the molecule is COC(=O)/C=C/C(=O)OCC(CCn1cccn1)COC(=O)/C=C/C(=O)OC. The van der Waals surface area contributed by atoms with Crippen LogP contribution in [0.5, 0.6) is 0 Å². The Morgan fingerprint density at radius 3 is 1.82 bits per heavy atom. The molecule has 28 heavy (non-hydrogen) atoms. The van der Waals surface area contributed by atoms with Gasteiger partial charge in [-0.2, -0.15) is 5.10 Å². The van der Waals surface area contributed by atoms with Gasteiger partial charge < -0.3 is 18.9 Å². The number of aromatic nitrogens is 2. The zero-order valence-electron chi connectivity index (χ0n) is 15.6. The van der Waals surface area contributed by atoms with E-state index in [4.69, 9.17) is 9.47 Å². The fourth-order valence-electron chi connectivity index (χ4n) is 1.87. The van der Waals surface area contributed by atoms with Crippen molar-refractivity contribution in [3.63, 3.8) is 0 Å². The summed E-state index contributed by atoms with van der Waals surface area (Å²) < 4.78 is 20.6. The van der Waals surface area contributed by atoms with Crippen LogP contribution in [0, 0.1) is 5.92 Å². The summed E-state index contributed by atoms with van der Waals surface area (Å²) in [5.41, 5.74) is 0. The van der Waals surface area contributed by atoms with E-state index in [1.807, 2.05) is 0 Å². The third-order valence-electron chi connectivity index (χ3n) is 3.36. The molecule has 0 saturated carbocycles. The molecule has 1 rings (SSSR count). The number of esters is 4. The third kappa shape index (κ3) is 9.90. The molecule has 0 atom stereocenters. The highest BCUT2D eigenvalue weighted by Gasteiger charge is 2.14. The van der Waals surface area contributed by atoms with Crippen molar-refractivity contribution in [2.75, 3.05) is 27.4 Å². The molecule has 0 spiro atoms. The molecule has 0 bridgehead atoms. The number of ether oxygens (including phenoxy) is 4. The summed E-state index contributed by atoms with van der Waals surface area (Å²) in [6, 6.07) is 1.77. The summed E-state index contributed by atoms with van der Waals surface area (Å²) in [5, 5.41) is 4.07. The van der Waals surface area contributed by atoms with Crippen molar-refractivity contribution in [1.29, 1.82) is 0 Å². The Morgan fingerprint density at radius 1 is 0.893 bits per heavy atom. The average molecular weight is 394 g/mol. The predicted octanol–water partition coefficient (Wildman–Crippen LogP) is 0.434. The van der Waals surface area contributed by atoms with E-state index in [0.717, 1.165) is 24.3 Å². The van der Waals surface area contributed by atoms with Gasteiger partial charge in [0.1, 0.15) is 0 Å². The van der Waals surface area contributed by atoms with Crippen molar-refractivity contribution in [2.45, 2.75) is 13.0 Å². The van der Waals surface area contributed by atoms with Gasteiger partial charge in [-0.15, -0.1) is 0 Å². The molecule has 0 saturated heterocycles. The van der Waals surface area contributed by atoms with Gasteiger partial charge in [-0.1, -0.05) is 0 Å². The largest absolute Gasteiger partial charge is 0.466 e. The van der Waals surface area contributed by atoms with E-state index < -0.39 is 23.9 Å². The maximum Gasteiger partial charge on any atom is 0.331 e. The lowest BCUT2D eigenvalue weighted by molar-refractivity contribution is -0.144. The van der Waals surface area contributed by atoms with Gasteiger partial charge in [0.2, 0.25) is 0 Å². The van der Waals surface area contributed by atoms with Crippen LogP contribution in [0.1, 0.15) is 6.42 Å².